The lowest BCUT2D eigenvalue weighted by Gasteiger charge is -2.16. The third-order valence-electron chi connectivity index (χ3n) is 3.81. The fraction of sp³-hybridized carbons (Fsp3) is 0.600. The van der Waals surface area contributed by atoms with E-state index in [-0.39, 0.29) is 17.9 Å². The van der Waals surface area contributed by atoms with Gasteiger partial charge in [0.15, 0.2) is 11.5 Å². The molecule has 1 aliphatic heterocycles. The summed E-state index contributed by atoms with van der Waals surface area (Å²) in [7, 11) is 0. The molecule has 2 aromatic heterocycles. The molecule has 7 nitrogen and oxygen atoms in total. The molecule has 0 spiro atoms. The first-order valence-corrected chi connectivity index (χ1v) is 7.70. The molecule has 0 atom stereocenters. The largest absolute Gasteiger partial charge is 0.360 e. The second kappa shape index (κ2) is 5.55. The second-order valence-electron chi connectivity index (χ2n) is 6.70. The fourth-order valence-electron chi connectivity index (χ4n) is 2.60. The number of aromatic nitrogens is 4. The van der Waals surface area contributed by atoms with Gasteiger partial charge in [0.25, 0.3) is 0 Å². The van der Waals surface area contributed by atoms with Crippen LogP contribution in [0.5, 0.6) is 0 Å². The molecule has 0 aliphatic carbocycles. The summed E-state index contributed by atoms with van der Waals surface area (Å²) in [6.45, 7) is 8.22. The second-order valence-corrected chi connectivity index (χ2v) is 6.70. The van der Waals surface area contributed by atoms with Crippen LogP contribution in [0.25, 0.3) is 5.65 Å². The van der Waals surface area contributed by atoms with Crippen molar-refractivity contribution in [2.75, 3.05) is 25.0 Å². The normalized spacial score (nSPS) is 15.5. The number of fused-ring (bicyclic) bond motifs is 1. The summed E-state index contributed by atoms with van der Waals surface area (Å²) in [5.41, 5.74) is 0.567. The standard InChI is InChI=1S/C15H22N6O/c1-15(2,3)14-18-17-12-7-6-11(19-21(12)14)16-10-13(22)20-8-4-5-9-20/h6-7H,4-5,8-10H2,1-3H3,(H,16,19). The number of nitrogens with one attached hydrogen (secondary N) is 1. The van der Waals surface area contributed by atoms with E-state index in [9.17, 15) is 4.79 Å². The zero-order valence-corrected chi connectivity index (χ0v) is 13.3. The Morgan fingerprint density at radius 2 is 1.95 bits per heavy atom. The Morgan fingerprint density at radius 1 is 1.23 bits per heavy atom. The van der Waals surface area contributed by atoms with E-state index in [0.717, 1.165) is 31.8 Å². The van der Waals surface area contributed by atoms with Gasteiger partial charge in [-0.1, -0.05) is 20.8 Å². The van der Waals surface area contributed by atoms with Crippen molar-refractivity contribution >= 4 is 17.4 Å². The molecule has 3 heterocycles. The van der Waals surface area contributed by atoms with Crippen LogP contribution in [0.3, 0.4) is 0 Å². The number of hydrogen-bond acceptors (Lipinski definition) is 5. The van der Waals surface area contributed by atoms with Crippen LogP contribution in [-0.2, 0) is 10.2 Å². The SMILES string of the molecule is CC(C)(C)c1nnc2ccc(NCC(=O)N3CCCC3)nn12. The molecule has 3 rings (SSSR count). The van der Waals surface area contributed by atoms with Crippen LogP contribution < -0.4 is 5.32 Å². The smallest absolute Gasteiger partial charge is 0.241 e. The summed E-state index contributed by atoms with van der Waals surface area (Å²) in [5.74, 6) is 1.58. The van der Waals surface area contributed by atoms with Crippen LogP contribution in [0.2, 0.25) is 0 Å². The van der Waals surface area contributed by atoms with Crippen molar-refractivity contribution in [1.29, 1.82) is 0 Å². The molecular weight excluding hydrogens is 280 g/mol. The maximum Gasteiger partial charge on any atom is 0.241 e. The molecule has 118 valence electrons. The highest BCUT2D eigenvalue weighted by atomic mass is 16.2. The highest BCUT2D eigenvalue weighted by Gasteiger charge is 2.22. The van der Waals surface area contributed by atoms with Gasteiger partial charge in [-0.25, -0.2) is 0 Å². The molecule has 1 N–H and O–H groups in total. The van der Waals surface area contributed by atoms with Gasteiger partial charge >= 0.3 is 0 Å². The molecule has 0 unspecified atom stereocenters. The molecule has 0 aromatic carbocycles. The first-order valence-electron chi connectivity index (χ1n) is 7.70. The van der Waals surface area contributed by atoms with E-state index in [4.69, 9.17) is 0 Å². The Morgan fingerprint density at radius 3 is 2.64 bits per heavy atom. The lowest BCUT2D eigenvalue weighted by atomic mass is 9.96. The summed E-state index contributed by atoms with van der Waals surface area (Å²) in [6.07, 6.45) is 2.21. The average Bonchev–Trinajstić information content (AvgIpc) is 3.12. The molecule has 1 saturated heterocycles. The minimum Gasteiger partial charge on any atom is -0.360 e. The van der Waals surface area contributed by atoms with E-state index >= 15 is 0 Å². The highest BCUT2D eigenvalue weighted by Crippen LogP contribution is 2.20. The maximum absolute atomic E-state index is 12.1. The molecular formula is C15H22N6O. The number of carbonyl (C=O) groups excluding carboxylic acids is 1. The van der Waals surface area contributed by atoms with Crippen molar-refractivity contribution in [2.45, 2.75) is 39.0 Å². The van der Waals surface area contributed by atoms with Crippen molar-refractivity contribution in [3.8, 4) is 0 Å². The highest BCUT2D eigenvalue weighted by molar-refractivity contribution is 5.80. The van der Waals surface area contributed by atoms with E-state index < -0.39 is 0 Å². The molecule has 0 saturated carbocycles. The number of nitrogens with zero attached hydrogens (tertiary/aromatic N) is 5. The maximum atomic E-state index is 12.1. The Bertz CT molecular complexity index is 681. The zero-order valence-electron chi connectivity index (χ0n) is 13.3. The number of hydrogen-bond donors (Lipinski definition) is 1. The third kappa shape index (κ3) is 2.88. The average molecular weight is 302 g/mol. The summed E-state index contributed by atoms with van der Waals surface area (Å²) in [6, 6.07) is 3.69. The third-order valence-corrected chi connectivity index (χ3v) is 3.81. The van der Waals surface area contributed by atoms with Crippen molar-refractivity contribution in [3.05, 3.63) is 18.0 Å². The van der Waals surface area contributed by atoms with Crippen LogP contribution in [0.4, 0.5) is 5.82 Å². The van der Waals surface area contributed by atoms with Crippen molar-refractivity contribution < 1.29 is 4.79 Å². The Hall–Kier alpha value is -2.18. The lowest BCUT2D eigenvalue weighted by molar-refractivity contribution is -0.128. The van der Waals surface area contributed by atoms with Gasteiger partial charge in [-0.05, 0) is 25.0 Å². The summed E-state index contributed by atoms with van der Waals surface area (Å²) in [4.78, 5) is 14.0. The number of likely N-dealkylation sites (tertiary alicyclic amines) is 1. The van der Waals surface area contributed by atoms with Crippen LogP contribution >= 0.6 is 0 Å². The van der Waals surface area contributed by atoms with E-state index in [1.54, 1.807) is 4.52 Å². The minimum absolute atomic E-state index is 0.124. The van der Waals surface area contributed by atoms with Gasteiger partial charge in [-0.2, -0.15) is 4.52 Å². The molecule has 1 aliphatic rings. The van der Waals surface area contributed by atoms with E-state index in [1.807, 2.05) is 17.0 Å². The first-order chi connectivity index (χ1) is 10.4. The molecule has 0 bridgehead atoms. The van der Waals surface area contributed by atoms with Crippen molar-refractivity contribution in [1.82, 2.24) is 24.7 Å². The minimum atomic E-state index is -0.142. The number of rotatable bonds is 3. The predicted octanol–water partition coefficient (Wildman–Crippen LogP) is 1.46. The summed E-state index contributed by atoms with van der Waals surface area (Å²) >= 11 is 0. The fourth-order valence-corrected chi connectivity index (χ4v) is 2.60. The van der Waals surface area contributed by atoms with E-state index in [0.29, 0.717) is 11.5 Å². The molecule has 1 amide bonds. The quantitative estimate of drug-likeness (QED) is 0.929. The van der Waals surface area contributed by atoms with Gasteiger partial charge in [-0.15, -0.1) is 15.3 Å². The Labute approximate surface area is 129 Å². The lowest BCUT2D eigenvalue weighted by Crippen LogP contribution is -2.33. The van der Waals surface area contributed by atoms with Gasteiger partial charge in [0.1, 0.15) is 5.82 Å². The zero-order chi connectivity index (χ0) is 15.7. The van der Waals surface area contributed by atoms with E-state index in [1.165, 1.54) is 0 Å². The Balaban J connectivity index is 1.75. The van der Waals surface area contributed by atoms with E-state index in [2.05, 4.69) is 41.4 Å². The molecule has 7 heteroatoms. The van der Waals surface area contributed by atoms with Crippen LogP contribution in [0.1, 0.15) is 39.4 Å². The van der Waals surface area contributed by atoms with Crippen molar-refractivity contribution in [3.63, 3.8) is 0 Å². The molecule has 1 fully saturated rings. The first kappa shape index (κ1) is 14.7. The van der Waals surface area contributed by atoms with Crippen LogP contribution in [0.15, 0.2) is 12.1 Å². The summed E-state index contributed by atoms with van der Waals surface area (Å²) < 4.78 is 1.74. The number of carbonyl (C=O) groups is 1. The molecule has 0 radical (unpaired) electrons. The van der Waals surface area contributed by atoms with Crippen LogP contribution in [-0.4, -0.2) is 50.3 Å². The molecule has 22 heavy (non-hydrogen) atoms. The topological polar surface area (TPSA) is 75.4 Å². The van der Waals surface area contributed by atoms with Gasteiger partial charge < -0.3 is 10.2 Å². The molecule has 2 aromatic rings. The van der Waals surface area contributed by atoms with Gasteiger partial charge in [0.05, 0.1) is 6.54 Å². The van der Waals surface area contributed by atoms with Gasteiger partial charge in [-0.3, -0.25) is 4.79 Å². The van der Waals surface area contributed by atoms with Gasteiger partial charge in [0, 0.05) is 18.5 Å². The number of amides is 1. The Kier molecular flexibility index (Phi) is 3.72. The monoisotopic (exact) mass is 302 g/mol. The van der Waals surface area contributed by atoms with Crippen molar-refractivity contribution in [2.24, 2.45) is 0 Å². The van der Waals surface area contributed by atoms with Gasteiger partial charge in [0.2, 0.25) is 5.91 Å². The number of anilines is 1. The predicted molar refractivity (Wildman–Crippen MR) is 83.8 cm³/mol. The van der Waals surface area contributed by atoms with Crippen LogP contribution in [0, 0.1) is 0 Å². The summed E-state index contributed by atoms with van der Waals surface area (Å²) in [5, 5.41) is 16.0.